The first-order valence-corrected chi connectivity index (χ1v) is 9.20. The van der Waals surface area contributed by atoms with Crippen LogP contribution in [0.4, 0.5) is 0 Å². The number of esters is 1. The Labute approximate surface area is 156 Å². The zero-order valence-electron chi connectivity index (χ0n) is 13.3. The fraction of sp³-hybridized carbons (Fsp3) is 0.353. The van der Waals surface area contributed by atoms with Gasteiger partial charge in [-0.3, -0.25) is 14.5 Å². The third-order valence-electron chi connectivity index (χ3n) is 3.56. The first-order chi connectivity index (χ1) is 11.5. The molecule has 0 saturated carbocycles. The number of nitrogens with zero attached hydrogens (tertiary/aromatic N) is 1. The van der Waals surface area contributed by atoms with Crippen LogP contribution in [0.2, 0.25) is 5.02 Å². The van der Waals surface area contributed by atoms with Crippen molar-refractivity contribution in [2.45, 2.75) is 25.7 Å². The molecule has 1 amide bonds. The van der Waals surface area contributed by atoms with Gasteiger partial charge in [0.2, 0.25) is 0 Å². The minimum absolute atomic E-state index is 0.0853. The topological polar surface area (TPSA) is 46.6 Å². The molecule has 4 nitrogen and oxygen atoms in total. The Morgan fingerprint density at radius 1 is 1.33 bits per heavy atom. The lowest BCUT2D eigenvalue weighted by Gasteiger charge is -2.13. The number of amides is 1. The van der Waals surface area contributed by atoms with Gasteiger partial charge in [0.1, 0.15) is 4.32 Å². The lowest BCUT2D eigenvalue weighted by molar-refractivity contribution is -0.140. The number of ether oxygens (including phenoxy) is 1. The average molecular weight is 384 g/mol. The van der Waals surface area contributed by atoms with Crippen molar-refractivity contribution in [2.75, 3.05) is 13.7 Å². The van der Waals surface area contributed by atoms with Crippen molar-refractivity contribution in [3.63, 3.8) is 0 Å². The molecule has 0 bridgehead atoms. The number of hydrogen-bond acceptors (Lipinski definition) is 5. The molecule has 0 N–H and O–H groups in total. The fourth-order valence-electron chi connectivity index (χ4n) is 2.24. The molecule has 2 rings (SSSR count). The highest BCUT2D eigenvalue weighted by atomic mass is 35.5. The Morgan fingerprint density at radius 2 is 2.08 bits per heavy atom. The number of halogens is 1. The summed E-state index contributed by atoms with van der Waals surface area (Å²) in [7, 11) is 1.38. The highest BCUT2D eigenvalue weighted by Crippen LogP contribution is 2.33. The molecule has 0 unspecified atom stereocenters. The zero-order chi connectivity index (χ0) is 17.5. The molecule has 1 aromatic rings. The summed E-state index contributed by atoms with van der Waals surface area (Å²) in [5.74, 6) is -0.291. The molecule has 1 aliphatic rings. The second-order valence-electron chi connectivity index (χ2n) is 5.24. The summed E-state index contributed by atoms with van der Waals surface area (Å²) in [5, 5.41) is 0.602. The normalized spacial score (nSPS) is 16.1. The van der Waals surface area contributed by atoms with Gasteiger partial charge in [0.05, 0.1) is 12.0 Å². The number of hydrogen-bond donors (Lipinski definition) is 0. The highest BCUT2D eigenvalue weighted by molar-refractivity contribution is 8.26. The van der Waals surface area contributed by atoms with E-state index in [9.17, 15) is 9.59 Å². The van der Waals surface area contributed by atoms with Crippen molar-refractivity contribution >= 4 is 57.9 Å². The van der Waals surface area contributed by atoms with Crippen LogP contribution in [0, 0.1) is 0 Å². The Morgan fingerprint density at radius 3 is 2.79 bits per heavy atom. The van der Waals surface area contributed by atoms with E-state index < -0.39 is 0 Å². The predicted octanol–water partition coefficient (Wildman–Crippen LogP) is 4.27. The number of thiocarbonyl (C=S) groups is 1. The van der Waals surface area contributed by atoms with E-state index in [1.807, 2.05) is 18.2 Å². The van der Waals surface area contributed by atoms with E-state index in [-0.39, 0.29) is 11.9 Å². The zero-order valence-corrected chi connectivity index (χ0v) is 15.7. The quantitative estimate of drug-likeness (QED) is 0.304. The molecule has 0 radical (unpaired) electrons. The van der Waals surface area contributed by atoms with Crippen molar-refractivity contribution in [3.05, 3.63) is 39.8 Å². The largest absolute Gasteiger partial charge is 0.469 e. The first-order valence-electron chi connectivity index (χ1n) is 7.59. The molecular weight excluding hydrogens is 366 g/mol. The summed E-state index contributed by atoms with van der Waals surface area (Å²) in [6.07, 6.45) is 4.57. The fourth-order valence-corrected chi connectivity index (χ4v) is 3.73. The SMILES string of the molecule is COC(=O)CCCCCN1C(=O)C(=Cc2ccccc2Cl)SC1=S. The van der Waals surface area contributed by atoms with Gasteiger partial charge in [-0.2, -0.15) is 0 Å². The van der Waals surface area contributed by atoms with Gasteiger partial charge in [-0.05, 0) is 30.5 Å². The van der Waals surface area contributed by atoms with Crippen molar-refractivity contribution in [1.29, 1.82) is 0 Å². The third kappa shape index (κ3) is 5.06. The van der Waals surface area contributed by atoms with Gasteiger partial charge in [-0.1, -0.05) is 60.2 Å². The summed E-state index contributed by atoms with van der Waals surface area (Å²) in [5.41, 5.74) is 0.803. The number of thioether (sulfide) groups is 1. The van der Waals surface area contributed by atoms with Crippen LogP contribution in [0.25, 0.3) is 6.08 Å². The summed E-state index contributed by atoms with van der Waals surface area (Å²) in [4.78, 5) is 25.7. The number of carbonyl (C=O) groups excluding carboxylic acids is 2. The Balaban J connectivity index is 1.90. The molecule has 0 aliphatic carbocycles. The highest BCUT2D eigenvalue weighted by Gasteiger charge is 2.31. The maximum Gasteiger partial charge on any atom is 0.305 e. The number of carbonyl (C=O) groups is 2. The molecule has 24 heavy (non-hydrogen) atoms. The molecule has 1 aliphatic heterocycles. The number of unbranched alkanes of at least 4 members (excludes halogenated alkanes) is 2. The number of benzene rings is 1. The molecule has 128 valence electrons. The first kappa shape index (κ1) is 19.0. The predicted molar refractivity (Wildman–Crippen MR) is 102 cm³/mol. The summed E-state index contributed by atoms with van der Waals surface area (Å²) < 4.78 is 5.16. The van der Waals surface area contributed by atoms with Gasteiger partial charge in [-0.25, -0.2) is 0 Å². The smallest absolute Gasteiger partial charge is 0.305 e. The van der Waals surface area contributed by atoms with Crippen LogP contribution in [-0.4, -0.2) is 34.8 Å². The molecule has 7 heteroatoms. The van der Waals surface area contributed by atoms with Gasteiger partial charge in [0.15, 0.2) is 0 Å². The molecule has 1 saturated heterocycles. The maximum absolute atomic E-state index is 12.5. The molecule has 0 atom stereocenters. The van der Waals surface area contributed by atoms with Gasteiger partial charge in [-0.15, -0.1) is 0 Å². The molecular formula is C17H18ClNO3S2. The Hall–Kier alpha value is -1.37. The third-order valence-corrected chi connectivity index (χ3v) is 5.28. The lowest BCUT2D eigenvalue weighted by Crippen LogP contribution is -2.29. The van der Waals surface area contributed by atoms with Crippen LogP contribution in [0.5, 0.6) is 0 Å². The lowest BCUT2D eigenvalue weighted by atomic mass is 10.2. The Kier molecular flexibility index (Phi) is 7.27. The Bertz CT molecular complexity index is 676. The van der Waals surface area contributed by atoms with E-state index in [0.29, 0.717) is 27.2 Å². The molecule has 1 heterocycles. The maximum atomic E-state index is 12.5. The van der Waals surface area contributed by atoms with Crippen molar-refractivity contribution in [2.24, 2.45) is 0 Å². The summed E-state index contributed by atoms with van der Waals surface area (Å²) in [6.45, 7) is 0.561. The van der Waals surface area contributed by atoms with E-state index in [4.69, 9.17) is 23.8 Å². The van der Waals surface area contributed by atoms with E-state index in [0.717, 1.165) is 24.8 Å². The molecule has 0 aromatic heterocycles. The van der Waals surface area contributed by atoms with Crippen molar-refractivity contribution < 1.29 is 14.3 Å². The molecule has 0 spiro atoms. The van der Waals surface area contributed by atoms with Crippen LogP contribution in [-0.2, 0) is 14.3 Å². The van der Waals surface area contributed by atoms with Gasteiger partial charge >= 0.3 is 5.97 Å². The van der Waals surface area contributed by atoms with Crippen molar-refractivity contribution in [3.8, 4) is 0 Å². The van der Waals surface area contributed by atoms with Crippen LogP contribution in [0.3, 0.4) is 0 Å². The number of methoxy groups -OCH3 is 1. The second kappa shape index (κ2) is 9.20. The van der Waals surface area contributed by atoms with Gasteiger partial charge in [0.25, 0.3) is 5.91 Å². The van der Waals surface area contributed by atoms with Crippen LogP contribution >= 0.6 is 35.6 Å². The van der Waals surface area contributed by atoms with Crippen LogP contribution in [0.1, 0.15) is 31.2 Å². The number of rotatable bonds is 7. The second-order valence-corrected chi connectivity index (χ2v) is 7.32. The minimum Gasteiger partial charge on any atom is -0.469 e. The minimum atomic E-state index is -0.205. The van der Waals surface area contributed by atoms with Gasteiger partial charge < -0.3 is 4.74 Å². The van der Waals surface area contributed by atoms with E-state index in [1.54, 1.807) is 17.0 Å². The van der Waals surface area contributed by atoms with Crippen molar-refractivity contribution in [1.82, 2.24) is 4.90 Å². The summed E-state index contributed by atoms with van der Waals surface area (Å²) >= 11 is 12.7. The van der Waals surface area contributed by atoms with E-state index in [2.05, 4.69) is 4.74 Å². The van der Waals surface area contributed by atoms with Crippen LogP contribution < -0.4 is 0 Å². The molecule has 1 fully saturated rings. The van der Waals surface area contributed by atoms with E-state index >= 15 is 0 Å². The van der Waals surface area contributed by atoms with Gasteiger partial charge in [0, 0.05) is 18.0 Å². The monoisotopic (exact) mass is 383 g/mol. The average Bonchev–Trinajstić information content (AvgIpc) is 2.83. The summed E-state index contributed by atoms with van der Waals surface area (Å²) in [6, 6.07) is 7.37. The standard InChI is InChI=1S/C17H18ClNO3S2/c1-22-15(20)9-3-2-6-10-19-16(21)14(24-17(19)23)11-12-7-4-5-8-13(12)18/h4-5,7-8,11H,2-3,6,9-10H2,1H3. The molecule has 1 aromatic carbocycles. The van der Waals surface area contributed by atoms with Crippen LogP contribution in [0.15, 0.2) is 29.2 Å². The van der Waals surface area contributed by atoms with E-state index in [1.165, 1.54) is 18.9 Å².